The Bertz CT molecular complexity index is 295. The highest BCUT2D eigenvalue weighted by molar-refractivity contribution is 5.83. The van der Waals surface area contributed by atoms with Gasteiger partial charge in [0.05, 0.1) is 12.0 Å². The fraction of sp³-hybridized carbons (Fsp3) is 0.933. The van der Waals surface area contributed by atoms with Crippen molar-refractivity contribution in [2.24, 2.45) is 17.3 Å². The summed E-state index contributed by atoms with van der Waals surface area (Å²) in [6.45, 7) is 5.52. The van der Waals surface area contributed by atoms with Crippen LogP contribution in [0.25, 0.3) is 0 Å². The molecule has 1 saturated carbocycles. The van der Waals surface area contributed by atoms with Crippen LogP contribution in [0, 0.1) is 17.3 Å². The zero-order chi connectivity index (χ0) is 13.7. The van der Waals surface area contributed by atoms with Gasteiger partial charge in [-0.2, -0.15) is 0 Å². The maximum Gasteiger partial charge on any atom is 0.228 e. The van der Waals surface area contributed by atoms with Crippen molar-refractivity contribution in [3.05, 3.63) is 0 Å². The van der Waals surface area contributed by atoms with Crippen molar-refractivity contribution >= 4 is 5.91 Å². The highest BCUT2D eigenvalue weighted by Crippen LogP contribution is 2.32. The number of carbonyl (C=O) groups excluding carboxylic acids is 1. The summed E-state index contributed by atoms with van der Waals surface area (Å²) < 4.78 is 5.31. The van der Waals surface area contributed by atoms with E-state index < -0.39 is 0 Å². The maximum absolute atomic E-state index is 12.6. The van der Waals surface area contributed by atoms with Crippen LogP contribution in [0.5, 0.6) is 0 Å². The van der Waals surface area contributed by atoms with Gasteiger partial charge in [-0.1, -0.05) is 19.8 Å². The van der Waals surface area contributed by atoms with Crippen LogP contribution in [0.3, 0.4) is 0 Å². The lowest BCUT2D eigenvalue weighted by Gasteiger charge is -2.36. The minimum Gasteiger partial charge on any atom is -0.384 e. The predicted octanol–water partition coefficient (Wildman–Crippen LogP) is 1.55. The number of hydrogen-bond donors (Lipinski definition) is 2. The van der Waals surface area contributed by atoms with E-state index in [4.69, 9.17) is 4.74 Å². The fourth-order valence-electron chi connectivity index (χ4n) is 3.56. The molecule has 2 fully saturated rings. The zero-order valence-electron chi connectivity index (χ0n) is 12.3. The van der Waals surface area contributed by atoms with Crippen LogP contribution in [-0.4, -0.2) is 39.3 Å². The smallest absolute Gasteiger partial charge is 0.228 e. The number of methoxy groups -OCH3 is 1. The van der Waals surface area contributed by atoms with Gasteiger partial charge in [-0.3, -0.25) is 4.79 Å². The zero-order valence-corrected chi connectivity index (χ0v) is 12.3. The van der Waals surface area contributed by atoms with E-state index in [1.54, 1.807) is 7.11 Å². The maximum atomic E-state index is 12.6. The van der Waals surface area contributed by atoms with Crippen LogP contribution in [0.1, 0.15) is 39.0 Å². The van der Waals surface area contributed by atoms with Crippen molar-refractivity contribution in [1.29, 1.82) is 0 Å². The molecule has 0 aromatic carbocycles. The molecule has 2 N–H and O–H groups in total. The Labute approximate surface area is 116 Å². The quantitative estimate of drug-likeness (QED) is 0.795. The molecule has 2 unspecified atom stereocenters. The number of nitrogens with one attached hydrogen (secondary N) is 2. The van der Waals surface area contributed by atoms with E-state index in [0.29, 0.717) is 12.5 Å². The monoisotopic (exact) mass is 268 g/mol. The molecular weight excluding hydrogens is 240 g/mol. The normalized spacial score (nSPS) is 30.2. The van der Waals surface area contributed by atoms with Gasteiger partial charge < -0.3 is 15.4 Å². The summed E-state index contributed by atoms with van der Waals surface area (Å²) in [6, 6.07) is 0. The summed E-state index contributed by atoms with van der Waals surface area (Å²) in [5.74, 6) is 1.63. The molecule has 4 nitrogen and oxygen atoms in total. The van der Waals surface area contributed by atoms with E-state index in [9.17, 15) is 4.79 Å². The molecule has 1 heterocycles. The first-order valence-electron chi connectivity index (χ1n) is 7.66. The summed E-state index contributed by atoms with van der Waals surface area (Å²) in [6.07, 6.45) is 5.66. The molecule has 2 atom stereocenters. The molecule has 1 saturated heterocycles. The van der Waals surface area contributed by atoms with Crippen LogP contribution in [0.2, 0.25) is 0 Å². The fourth-order valence-corrected chi connectivity index (χ4v) is 3.56. The number of hydrogen-bond acceptors (Lipinski definition) is 3. The minimum atomic E-state index is -0.304. The molecule has 2 rings (SSSR count). The Hall–Kier alpha value is -0.610. The Morgan fingerprint density at radius 3 is 2.68 bits per heavy atom. The van der Waals surface area contributed by atoms with Crippen LogP contribution in [-0.2, 0) is 9.53 Å². The first-order chi connectivity index (χ1) is 9.18. The molecule has 1 aliphatic carbocycles. The number of rotatable bonds is 5. The standard InChI is InChI=1S/C15H28N2O2/c1-12-4-3-5-13(12)10-17-14(18)15(11-19-2)6-8-16-9-7-15/h12-13,16H,3-11H2,1-2H3,(H,17,18). The van der Waals surface area contributed by atoms with Gasteiger partial charge in [0.25, 0.3) is 0 Å². The molecule has 0 spiro atoms. The molecule has 110 valence electrons. The van der Waals surface area contributed by atoms with E-state index in [2.05, 4.69) is 17.6 Å². The van der Waals surface area contributed by atoms with E-state index in [1.165, 1.54) is 19.3 Å². The average molecular weight is 268 g/mol. The highest BCUT2D eigenvalue weighted by Gasteiger charge is 2.39. The van der Waals surface area contributed by atoms with Gasteiger partial charge >= 0.3 is 0 Å². The second-order valence-electron chi connectivity index (χ2n) is 6.34. The summed E-state index contributed by atoms with van der Waals surface area (Å²) in [5.41, 5.74) is -0.304. The van der Waals surface area contributed by atoms with Crippen molar-refractivity contribution in [1.82, 2.24) is 10.6 Å². The molecule has 1 amide bonds. The molecule has 0 radical (unpaired) electrons. The Balaban J connectivity index is 1.88. The Kier molecular flexibility index (Phi) is 5.22. The van der Waals surface area contributed by atoms with E-state index >= 15 is 0 Å². The molecule has 0 aromatic heterocycles. The third kappa shape index (κ3) is 3.48. The third-order valence-electron chi connectivity index (χ3n) is 5.03. The van der Waals surface area contributed by atoms with Crippen molar-refractivity contribution in [3.8, 4) is 0 Å². The minimum absolute atomic E-state index is 0.204. The summed E-state index contributed by atoms with van der Waals surface area (Å²) in [7, 11) is 1.69. The number of carbonyl (C=O) groups is 1. The van der Waals surface area contributed by atoms with E-state index in [1.807, 2.05) is 0 Å². The van der Waals surface area contributed by atoms with Gasteiger partial charge in [-0.25, -0.2) is 0 Å². The first kappa shape index (κ1) is 14.8. The first-order valence-corrected chi connectivity index (χ1v) is 7.66. The molecule has 19 heavy (non-hydrogen) atoms. The Morgan fingerprint density at radius 2 is 2.11 bits per heavy atom. The third-order valence-corrected chi connectivity index (χ3v) is 5.03. The molecule has 0 bridgehead atoms. The number of ether oxygens (including phenoxy) is 1. The molecule has 2 aliphatic rings. The molecule has 4 heteroatoms. The van der Waals surface area contributed by atoms with E-state index in [0.717, 1.165) is 38.4 Å². The molecule has 1 aliphatic heterocycles. The second kappa shape index (κ2) is 6.71. The van der Waals surface area contributed by atoms with Gasteiger partial charge in [0.2, 0.25) is 5.91 Å². The van der Waals surface area contributed by atoms with Crippen molar-refractivity contribution in [2.45, 2.75) is 39.0 Å². The lowest BCUT2D eigenvalue weighted by Crippen LogP contribution is -2.51. The number of amides is 1. The lowest BCUT2D eigenvalue weighted by molar-refractivity contribution is -0.136. The van der Waals surface area contributed by atoms with Crippen LogP contribution < -0.4 is 10.6 Å². The topological polar surface area (TPSA) is 50.4 Å². The van der Waals surface area contributed by atoms with Gasteiger partial charge in [0.15, 0.2) is 0 Å². The van der Waals surface area contributed by atoms with Crippen LogP contribution in [0.4, 0.5) is 0 Å². The molecule has 0 aromatic rings. The van der Waals surface area contributed by atoms with Gasteiger partial charge in [-0.05, 0) is 44.2 Å². The van der Waals surface area contributed by atoms with Crippen LogP contribution in [0.15, 0.2) is 0 Å². The molecular formula is C15H28N2O2. The SMILES string of the molecule is COCC1(C(=O)NCC2CCCC2C)CCNCC1. The lowest BCUT2D eigenvalue weighted by atomic mass is 9.78. The van der Waals surface area contributed by atoms with Crippen molar-refractivity contribution < 1.29 is 9.53 Å². The summed E-state index contributed by atoms with van der Waals surface area (Å²) in [4.78, 5) is 12.6. The summed E-state index contributed by atoms with van der Waals surface area (Å²) in [5, 5.41) is 6.53. The summed E-state index contributed by atoms with van der Waals surface area (Å²) >= 11 is 0. The highest BCUT2D eigenvalue weighted by atomic mass is 16.5. The second-order valence-corrected chi connectivity index (χ2v) is 6.34. The predicted molar refractivity (Wildman–Crippen MR) is 75.9 cm³/mol. The largest absolute Gasteiger partial charge is 0.384 e. The Morgan fingerprint density at radius 1 is 1.37 bits per heavy atom. The average Bonchev–Trinajstić information content (AvgIpc) is 2.83. The van der Waals surface area contributed by atoms with Crippen molar-refractivity contribution in [2.75, 3.05) is 33.4 Å². The number of piperidine rings is 1. The van der Waals surface area contributed by atoms with Gasteiger partial charge in [0.1, 0.15) is 0 Å². The van der Waals surface area contributed by atoms with Crippen molar-refractivity contribution in [3.63, 3.8) is 0 Å². The van der Waals surface area contributed by atoms with E-state index in [-0.39, 0.29) is 11.3 Å². The van der Waals surface area contributed by atoms with Gasteiger partial charge in [-0.15, -0.1) is 0 Å². The van der Waals surface area contributed by atoms with Crippen LogP contribution >= 0.6 is 0 Å². The van der Waals surface area contributed by atoms with Gasteiger partial charge in [0, 0.05) is 13.7 Å².